The fourth-order valence-corrected chi connectivity index (χ4v) is 10.9. The summed E-state index contributed by atoms with van der Waals surface area (Å²) in [5.74, 6) is -0.595. The lowest BCUT2D eigenvalue weighted by Gasteiger charge is -2.44. The van der Waals surface area contributed by atoms with E-state index in [-0.39, 0.29) is 5.46 Å². The molecule has 0 unspecified atom stereocenters. The number of pyridine rings is 1. The molecular formula is C16H26BFN2O2Si. The smallest absolute Gasteiger partial charge is 0.423 e. The van der Waals surface area contributed by atoms with Crippen LogP contribution in [0, 0.1) is 5.82 Å². The highest BCUT2D eigenvalue weighted by molar-refractivity contribution is 6.82. The molecule has 0 aromatic carbocycles. The Balaban J connectivity index is 2.79. The van der Waals surface area contributed by atoms with Crippen molar-refractivity contribution in [3.05, 3.63) is 24.3 Å². The highest BCUT2D eigenvalue weighted by atomic mass is 28.3. The average Bonchev–Trinajstić information content (AvgIpc) is 2.83. The van der Waals surface area contributed by atoms with E-state index in [4.69, 9.17) is 0 Å². The predicted octanol–water partition coefficient (Wildman–Crippen LogP) is 2.88. The van der Waals surface area contributed by atoms with Crippen molar-refractivity contribution in [3.63, 3.8) is 0 Å². The summed E-state index contributed by atoms with van der Waals surface area (Å²) >= 11 is 0. The molecule has 23 heavy (non-hydrogen) atoms. The summed E-state index contributed by atoms with van der Waals surface area (Å²) in [6, 6.07) is 1.71. The highest BCUT2D eigenvalue weighted by Gasteiger charge is 2.46. The molecular weight excluding hydrogens is 310 g/mol. The number of hydrogen-bond acceptors (Lipinski definition) is 3. The van der Waals surface area contributed by atoms with Gasteiger partial charge in [-0.2, -0.15) is 0 Å². The maximum Gasteiger partial charge on any atom is 0.493 e. The summed E-state index contributed by atoms with van der Waals surface area (Å²) < 4.78 is 16.8. The summed E-state index contributed by atoms with van der Waals surface area (Å²) in [4.78, 5) is 4.37. The third-order valence-corrected chi connectivity index (χ3v) is 11.9. The molecule has 126 valence electrons. The van der Waals surface area contributed by atoms with Crippen LogP contribution in [0.3, 0.4) is 0 Å². The van der Waals surface area contributed by atoms with Crippen LogP contribution in [-0.2, 0) is 0 Å². The molecule has 0 aliphatic rings. The van der Waals surface area contributed by atoms with Crippen molar-refractivity contribution >= 4 is 31.9 Å². The normalized spacial score (nSPS) is 12.9. The first-order valence-corrected chi connectivity index (χ1v) is 10.4. The van der Waals surface area contributed by atoms with Gasteiger partial charge >= 0.3 is 7.12 Å². The van der Waals surface area contributed by atoms with Crippen LogP contribution >= 0.6 is 0 Å². The van der Waals surface area contributed by atoms with Gasteiger partial charge in [0, 0.05) is 11.7 Å². The molecule has 0 bridgehead atoms. The zero-order valence-electron chi connectivity index (χ0n) is 14.7. The van der Waals surface area contributed by atoms with Gasteiger partial charge < -0.3 is 14.3 Å². The first-order valence-electron chi connectivity index (χ1n) is 8.17. The molecule has 2 aromatic heterocycles. The number of fused-ring (bicyclic) bond motifs is 1. The zero-order chi connectivity index (χ0) is 17.5. The summed E-state index contributed by atoms with van der Waals surface area (Å²) in [6.45, 7) is 13.4. The van der Waals surface area contributed by atoms with Gasteiger partial charge in [0.1, 0.15) is 11.5 Å². The quantitative estimate of drug-likeness (QED) is 0.826. The van der Waals surface area contributed by atoms with Crippen LogP contribution in [0.25, 0.3) is 11.0 Å². The van der Waals surface area contributed by atoms with Gasteiger partial charge in [-0.05, 0) is 28.9 Å². The van der Waals surface area contributed by atoms with Gasteiger partial charge in [0.2, 0.25) is 0 Å². The number of aromatic nitrogens is 2. The molecule has 0 fully saturated rings. The minimum atomic E-state index is -2.02. The van der Waals surface area contributed by atoms with E-state index < -0.39 is 21.2 Å². The van der Waals surface area contributed by atoms with Gasteiger partial charge in [0.15, 0.2) is 8.24 Å². The zero-order valence-corrected chi connectivity index (χ0v) is 15.7. The van der Waals surface area contributed by atoms with E-state index in [0.29, 0.717) is 27.7 Å². The summed E-state index contributed by atoms with van der Waals surface area (Å²) in [7, 11) is -3.87. The molecule has 2 rings (SSSR count). The molecule has 0 saturated heterocycles. The fourth-order valence-electron chi connectivity index (χ4n) is 4.40. The van der Waals surface area contributed by atoms with E-state index in [1.165, 1.54) is 6.20 Å². The number of hydrogen-bond donors (Lipinski definition) is 2. The molecule has 4 nitrogen and oxygen atoms in total. The van der Waals surface area contributed by atoms with Crippen molar-refractivity contribution in [2.75, 3.05) is 0 Å². The molecule has 0 amide bonds. The summed E-state index contributed by atoms with van der Waals surface area (Å²) in [5.41, 5.74) is 1.82. The highest BCUT2D eigenvalue weighted by Crippen LogP contribution is 2.43. The molecule has 2 heterocycles. The largest absolute Gasteiger partial charge is 0.493 e. The Hall–Kier alpha value is -1.18. The Morgan fingerprint density at radius 3 is 2.04 bits per heavy atom. The lowest BCUT2D eigenvalue weighted by atomic mass is 9.81. The topological polar surface area (TPSA) is 58.3 Å². The van der Waals surface area contributed by atoms with Crippen LogP contribution in [-0.4, -0.2) is 34.6 Å². The molecule has 0 aliphatic heterocycles. The predicted molar refractivity (Wildman–Crippen MR) is 96.0 cm³/mol. The van der Waals surface area contributed by atoms with Crippen molar-refractivity contribution in [3.8, 4) is 0 Å². The van der Waals surface area contributed by atoms with Crippen LogP contribution in [0.2, 0.25) is 16.6 Å². The van der Waals surface area contributed by atoms with Crippen molar-refractivity contribution in [2.24, 2.45) is 0 Å². The van der Waals surface area contributed by atoms with Crippen molar-refractivity contribution in [1.82, 2.24) is 9.22 Å². The number of nitrogens with zero attached hydrogens (tertiary/aromatic N) is 2. The van der Waals surface area contributed by atoms with E-state index in [1.54, 1.807) is 6.07 Å². The minimum Gasteiger partial charge on any atom is -0.423 e. The molecule has 0 aliphatic carbocycles. The number of halogens is 1. The lowest BCUT2D eigenvalue weighted by molar-refractivity contribution is 0.423. The second-order valence-corrected chi connectivity index (χ2v) is 12.9. The van der Waals surface area contributed by atoms with E-state index >= 15 is 0 Å². The SMILES string of the molecule is CC(C)[Si](C(C)C)(C(C)C)n1ccc2c(F)c(B(O)O)cnc21. The van der Waals surface area contributed by atoms with Crippen LogP contribution < -0.4 is 5.46 Å². The summed E-state index contributed by atoms with van der Waals surface area (Å²) in [6.07, 6.45) is 3.17. The first kappa shape index (κ1) is 18.2. The van der Waals surface area contributed by atoms with Crippen LogP contribution in [0.5, 0.6) is 0 Å². The Morgan fingerprint density at radius 1 is 1.09 bits per heavy atom. The molecule has 7 heteroatoms. The van der Waals surface area contributed by atoms with Gasteiger partial charge in [0.25, 0.3) is 0 Å². The van der Waals surface area contributed by atoms with Crippen molar-refractivity contribution in [2.45, 2.75) is 58.2 Å². The Kier molecular flexibility index (Phi) is 5.04. The number of rotatable bonds is 5. The lowest BCUT2D eigenvalue weighted by Crippen LogP contribution is -2.51. The molecule has 0 atom stereocenters. The standard InChI is InChI=1S/C16H26BFN2O2Si/c1-10(2)23(11(3)4,12(5)6)20-8-7-13-15(18)14(17(21)22)9-19-16(13)20/h7-12,21-22H,1-6H3. The maximum atomic E-state index is 14.6. The molecule has 0 spiro atoms. The van der Waals surface area contributed by atoms with Gasteiger partial charge in [-0.1, -0.05) is 41.5 Å². The van der Waals surface area contributed by atoms with Crippen molar-refractivity contribution < 1.29 is 14.4 Å². The van der Waals surface area contributed by atoms with Crippen LogP contribution in [0.4, 0.5) is 4.39 Å². The average molecular weight is 336 g/mol. The van der Waals surface area contributed by atoms with E-state index in [1.807, 2.05) is 6.20 Å². The van der Waals surface area contributed by atoms with Gasteiger partial charge in [-0.15, -0.1) is 0 Å². The van der Waals surface area contributed by atoms with Crippen LogP contribution in [0.15, 0.2) is 18.5 Å². The Bertz CT molecular complexity index is 679. The molecule has 0 radical (unpaired) electrons. The third kappa shape index (κ3) is 2.64. The third-order valence-electron chi connectivity index (χ3n) is 5.15. The van der Waals surface area contributed by atoms with Crippen LogP contribution in [0.1, 0.15) is 41.5 Å². The molecule has 2 N–H and O–H groups in total. The summed E-state index contributed by atoms with van der Waals surface area (Å²) in [5, 5.41) is 18.9. The second kappa shape index (κ2) is 6.38. The second-order valence-electron chi connectivity index (χ2n) is 7.18. The minimum absolute atomic E-state index is 0.179. The fraction of sp³-hybridized carbons (Fsp3) is 0.562. The Morgan fingerprint density at radius 2 is 1.61 bits per heavy atom. The molecule has 2 aromatic rings. The van der Waals surface area contributed by atoms with E-state index in [2.05, 4.69) is 50.8 Å². The van der Waals surface area contributed by atoms with Gasteiger partial charge in [-0.3, -0.25) is 0 Å². The van der Waals surface area contributed by atoms with Gasteiger partial charge in [0.05, 0.1) is 5.39 Å². The van der Waals surface area contributed by atoms with E-state index in [9.17, 15) is 14.4 Å². The van der Waals surface area contributed by atoms with Crippen molar-refractivity contribution in [1.29, 1.82) is 0 Å². The Labute approximate surface area is 138 Å². The molecule has 0 saturated carbocycles. The van der Waals surface area contributed by atoms with E-state index in [0.717, 1.165) is 0 Å². The monoisotopic (exact) mass is 336 g/mol. The first-order chi connectivity index (χ1) is 10.7. The maximum absolute atomic E-state index is 14.6. The van der Waals surface area contributed by atoms with Gasteiger partial charge in [-0.25, -0.2) is 9.37 Å².